The number of rotatable bonds is 3. The first-order valence-corrected chi connectivity index (χ1v) is 7.41. The molecule has 1 atom stereocenters. The van der Waals surface area contributed by atoms with Crippen LogP contribution in [0.4, 0.5) is 4.39 Å². The van der Waals surface area contributed by atoms with Crippen molar-refractivity contribution in [2.75, 3.05) is 0 Å². The van der Waals surface area contributed by atoms with E-state index in [-0.39, 0.29) is 11.2 Å². The number of para-hydroxylation sites is 1. The predicted molar refractivity (Wildman–Crippen MR) is 84.5 cm³/mol. The maximum atomic E-state index is 13.9. The second-order valence-electron chi connectivity index (χ2n) is 4.87. The van der Waals surface area contributed by atoms with Gasteiger partial charge < -0.3 is 4.57 Å². The van der Waals surface area contributed by atoms with E-state index < -0.39 is 0 Å². The molecule has 1 heterocycles. The zero-order valence-corrected chi connectivity index (χ0v) is 12.9. The highest BCUT2D eigenvalue weighted by atomic mass is 35.5. The second kappa shape index (κ2) is 5.66. The number of aromatic nitrogens is 2. The first kappa shape index (κ1) is 14.4. The number of hydrogen-bond donors (Lipinski definition) is 0. The third-order valence-corrected chi connectivity index (χ3v) is 3.97. The van der Waals surface area contributed by atoms with Crippen LogP contribution >= 0.6 is 23.2 Å². The number of hydrogen-bond acceptors (Lipinski definition) is 1. The average Bonchev–Trinajstić information content (AvgIpc) is 2.82. The van der Waals surface area contributed by atoms with Gasteiger partial charge in [0.15, 0.2) is 5.82 Å². The zero-order valence-electron chi connectivity index (χ0n) is 11.4. The van der Waals surface area contributed by atoms with Crippen LogP contribution in [0.3, 0.4) is 0 Å². The molecule has 1 aromatic heterocycles. The van der Waals surface area contributed by atoms with Crippen LogP contribution in [0.25, 0.3) is 11.0 Å². The number of benzene rings is 2. The van der Waals surface area contributed by atoms with Crippen molar-refractivity contribution in [3.63, 3.8) is 0 Å². The third-order valence-electron chi connectivity index (χ3n) is 3.40. The van der Waals surface area contributed by atoms with Crippen LogP contribution in [0.1, 0.15) is 23.7 Å². The lowest BCUT2D eigenvalue weighted by atomic mass is 10.2. The van der Waals surface area contributed by atoms with Crippen LogP contribution in [0, 0.1) is 5.82 Å². The first-order valence-electron chi connectivity index (χ1n) is 6.60. The quantitative estimate of drug-likeness (QED) is 0.608. The number of halogens is 3. The standard InChI is InChI=1S/C16H13Cl2FN2/c1-10(17)16-20-15-13(19)7-4-8-14(15)21(16)9-11-5-2-3-6-12(11)18/h2-8,10H,9H2,1H3. The molecule has 0 aliphatic carbocycles. The molecule has 0 spiro atoms. The van der Waals surface area contributed by atoms with Gasteiger partial charge in [-0.2, -0.15) is 0 Å². The molecule has 5 heteroatoms. The largest absolute Gasteiger partial charge is 0.322 e. The normalized spacial score (nSPS) is 12.8. The summed E-state index contributed by atoms with van der Waals surface area (Å²) in [6.45, 7) is 2.33. The molecule has 0 bridgehead atoms. The molecule has 1 unspecified atom stereocenters. The fraction of sp³-hybridized carbons (Fsp3) is 0.188. The van der Waals surface area contributed by atoms with Crippen molar-refractivity contribution in [2.24, 2.45) is 0 Å². The fourth-order valence-corrected chi connectivity index (χ4v) is 2.76. The van der Waals surface area contributed by atoms with Gasteiger partial charge >= 0.3 is 0 Å². The van der Waals surface area contributed by atoms with Gasteiger partial charge in [0.25, 0.3) is 0 Å². The minimum Gasteiger partial charge on any atom is -0.322 e. The van der Waals surface area contributed by atoms with Gasteiger partial charge in [-0.15, -0.1) is 11.6 Å². The molecule has 0 saturated carbocycles. The molecule has 108 valence electrons. The van der Waals surface area contributed by atoms with Crippen LogP contribution in [0.5, 0.6) is 0 Å². The van der Waals surface area contributed by atoms with Gasteiger partial charge in [-0.05, 0) is 30.7 Å². The molecule has 0 amide bonds. The Morgan fingerprint density at radius 3 is 2.67 bits per heavy atom. The van der Waals surface area contributed by atoms with Crippen molar-refractivity contribution in [3.05, 3.63) is 64.7 Å². The summed E-state index contributed by atoms with van der Waals surface area (Å²) in [5.74, 6) is 0.292. The lowest BCUT2D eigenvalue weighted by molar-refractivity contribution is 0.637. The highest BCUT2D eigenvalue weighted by Crippen LogP contribution is 2.28. The van der Waals surface area contributed by atoms with E-state index in [1.54, 1.807) is 6.07 Å². The monoisotopic (exact) mass is 322 g/mol. The lowest BCUT2D eigenvalue weighted by Crippen LogP contribution is -2.06. The SMILES string of the molecule is CC(Cl)c1nc2c(F)cccc2n1Cc1ccccc1Cl. The number of nitrogens with zero attached hydrogens (tertiary/aromatic N) is 2. The number of imidazole rings is 1. The van der Waals surface area contributed by atoms with E-state index in [4.69, 9.17) is 23.2 Å². The number of alkyl halides is 1. The Balaban J connectivity index is 2.19. The lowest BCUT2D eigenvalue weighted by Gasteiger charge is -2.11. The van der Waals surface area contributed by atoms with Crippen molar-refractivity contribution >= 4 is 34.2 Å². The Morgan fingerprint density at radius 1 is 1.19 bits per heavy atom. The van der Waals surface area contributed by atoms with Crippen LogP contribution < -0.4 is 0 Å². The Kier molecular flexibility index (Phi) is 3.87. The molecule has 0 aliphatic heterocycles. The topological polar surface area (TPSA) is 17.8 Å². The van der Waals surface area contributed by atoms with Crippen molar-refractivity contribution < 1.29 is 4.39 Å². The molecule has 0 aliphatic rings. The molecule has 2 aromatic carbocycles. The van der Waals surface area contributed by atoms with Gasteiger partial charge in [-0.3, -0.25) is 0 Å². The summed E-state index contributed by atoms with van der Waals surface area (Å²) in [6.07, 6.45) is 0. The van der Waals surface area contributed by atoms with Crippen LogP contribution in [0.15, 0.2) is 42.5 Å². The summed E-state index contributed by atoms with van der Waals surface area (Å²) in [6, 6.07) is 12.5. The summed E-state index contributed by atoms with van der Waals surface area (Å²) in [5, 5.41) is 0.350. The Hall–Kier alpha value is -1.58. The highest BCUT2D eigenvalue weighted by Gasteiger charge is 2.17. The third kappa shape index (κ3) is 2.63. The summed E-state index contributed by atoms with van der Waals surface area (Å²) < 4.78 is 15.8. The summed E-state index contributed by atoms with van der Waals surface area (Å²) in [5.41, 5.74) is 2.01. The van der Waals surface area contributed by atoms with Crippen LogP contribution in [-0.4, -0.2) is 9.55 Å². The average molecular weight is 323 g/mol. The summed E-state index contributed by atoms with van der Waals surface area (Å²) >= 11 is 12.4. The van der Waals surface area contributed by atoms with E-state index in [1.165, 1.54) is 6.07 Å². The maximum Gasteiger partial charge on any atom is 0.151 e. The Bertz CT molecular complexity index is 796. The van der Waals surface area contributed by atoms with E-state index in [9.17, 15) is 4.39 Å². The molecule has 3 rings (SSSR count). The van der Waals surface area contributed by atoms with Crippen molar-refractivity contribution in [1.82, 2.24) is 9.55 Å². The fourth-order valence-electron chi connectivity index (χ4n) is 2.40. The molecule has 21 heavy (non-hydrogen) atoms. The first-order chi connectivity index (χ1) is 10.1. The van der Waals surface area contributed by atoms with E-state index in [1.807, 2.05) is 41.8 Å². The van der Waals surface area contributed by atoms with Gasteiger partial charge in [0.1, 0.15) is 11.3 Å². The summed E-state index contributed by atoms with van der Waals surface area (Å²) in [7, 11) is 0. The van der Waals surface area contributed by atoms with Crippen LogP contribution in [-0.2, 0) is 6.54 Å². The Labute approximate surface area is 132 Å². The minimum atomic E-state index is -0.344. The molecule has 0 saturated heterocycles. The van der Waals surface area contributed by atoms with Gasteiger partial charge in [-0.25, -0.2) is 9.37 Å². The van der Waals surface area contributed by atoms with Crippen molar-refractivity contribution in [3.8, 4) is 0 Å². The molecular formula is C16H13Cl2FN2. The smallest absolute Gasteiger partial charge is 0.151 e. The molecule has 3 aromatic rings. The van der Waals surface area contributed by atoms with Gasteiger partial charge in [0.05, 0.1) is 17.4 Å². The van der Waals surface area contributed by atoms with Crippen LogP contribution in [0.2, 0.25) is 5.02 Å². The minimum absolute atomic E-state index is 0.320. The Morgan fingerprint density at radius 2 is 1.95 bits per heavy atom. The molecular weight excluding hydrogens is 310 g/mol. The van der Waals surface area contributed by atoms with E-state index in [0.717, 1.165) is 11.1 Å². The predicted octanol–water partition coefficient (Wildman–Crippen LogP) is 5.18. The van der Waals surface area contributed by atoms with Gasteiger partial charge in [-0.1, -0.05) is 35.9 Å². The van der Waals surface area contributed by atoms with E-state index in [2.05, 4.69) is 4.98 Å². The zero-order chi connectivity index (χ0) is 15.0. The maximum absolute atomic E-state index is 13.9. The number of fused-ring (bicyclic) bond motifs is 1. The van der Waals surface area contributed by atoms with Gasteiger partial charge in [0, 0.05) is 5.02 Å². The van der Waals surface area contributed by atoms with Crippen molar-refractivity contribution in [2.45, 2.75) is 18.8 Å². The highest BCUT2D eigenvalue weighted by molar-refractivity contribution is 6.31. The molecule has 0 radical (unpaired) electrons. The summed E-state index contributed by atoms with van der Waals surface area (Å²) in [4.78, 5) is 4.35. The molecule has 2 nitrogen and oxygen atoms in total. The van der Waals surface area contributed by atoms with E-state index >= 15 is 0 Å². The second-order valence-corrected chi connectivity index (χ2v) is 5.93. The molecule has 0 fully saturated rings. The van der Waals surface area contributed by atoms with Gasteiger partial charge in [0.2, 0.25) is 0 Å². The van der Waals surface area contributed by atoms with Crippen molar-refractivity contribution in [1.29, 1.82) is 0 Å². The van der Waals surface area contributed by atoms with E-state index in [0.29, 0.717) is 22.9 Å². The molecule has 0 N–H and O–H groups in total.